The van der Waals surface area contributed by atoms with Crippen LogP contribution in [-0.2, 0) is 19.2 Å². The van der Waals surface area contributed by atoms with Gasteiger partial charge in [-0.05, 0) is 19.3 Å². The second-order valence-corrected chi connectivity index (χ2v) is 9.00. The Morgan fingerprint density at radius 2 is 0.848 bits per heavy atom. The van der Waals surface area contributed by atoms with Crippen LogP contribution in [0.4, 0.5) is 0 Å². The van der Waals surface area contributed by atoms with E-state index in [-0.39, 0.29) is 135 Å². The van der Waals surface area contributed by atoms with Gasteiger partial charge in [0.25, 0.3) is 0 Å². The Labute approximate surface area is 281 Å². The summed E-state index contributed by atoms with van der Waals surface area (Å²) in [5.41, 5.74) is 0. The Kier molecular flexibility index (Phi) is 31.2. The van der Waals surface area contributed by atoms with Gasteiger partial charge in [-0.15, -0.1) is 0 Å². The molecule has 0 radical (unpaired) electrons. The Morgan fingerprint density at radius 3 is 1.00 bits per heavy atom. The first-order valence-electron chi connectivity index (χ1n) is 9.51. The summed E-state index contributed by atoms with van der Waals surface area (Å²) in [5.74, 6) is -4.86. The van der Waals surface area contributed by atoms with Crippen LogP contribution in [0.1, 0.15) is 32.1 Å². The van der Waals surface area contributed by atoms with Crippen LogP contribution in [-0.4, -0.2) is 111 Å². The van der Waals surface area contributed by atoms with Crippen LogP contribution in [0.15, 0.2) is 0 Å². The molecule has 0 aromatic rings. The molecule has 184 valence electrons. The van der Waals surface area contributed by atoms with Crippen molar-refractivity contribution in [3.63, 3.8) is 0 Å². The molecule has 0 saturated heterocycles. The minimum Gasteiger partial charge on any atom is -0.550 e. The molecule has 2 unspecified atom stereocenters. The number of carbonyl (C=O) groups excluding carboxylic acids is 4. The van der Waals surface area contributed by atoms with E-state index in [1.807, 2.05) is 42.3 Å². The zero-order valence-electron chi connectivity index (χ0n) is 21.2. The van der Waals surface area contributed by atoms with Crippen molar-refractivity contribution in [2.75, 3.05) is 55.4 Å². The summed E-state index contributed by atoms with van der Waals surface area (Å²) in [6.45, 7) is 0.849. The molecule has 0 fully saturated rings. The first kappa shape index (κ1) is 44.0. The molecule has 0 saturated carbocycles. The van der Waals surface area contributed by atoms with E-state index in [0.29, 0.717) is 22.1 Å². The van der Waals surface area contributed by atoms with Gasteiger partial charge in [0.1, 0.15) is 25.3 Å². The fourth-order valence-electron chi connectivity index (χ4n) is 2.16. The molecule has 0 heterocycles. The summed E-state index contributed by atoms with van der Waals surface area (Å²) in [4.78, 5) is 39.3. The molecule has 2 atom stereocenters. The smallest absolute Gasteiger partial charge is 0.550 e. The van der Waals surface area contributed by atoms with Crippen LogP contribution in [0.5, 0.6) is 0 Å². The molecule has 0 spiro atoms. The number of quaternary nitrogens is 2. The van der Waals surface area contributed by atoms with Crippen LogP contribution in [0.25, 0.3) is 0 Å². The third kappa shape index (κ3) is 50.7. The van der Waals surface area contributed by atoms with E-state index < -0.39 is 36.1 Å². The molecule has 12 nitrogen and oxygen atoms in total. The van der Waals surface area contributed by atoms with Crippen LogP contribution in [0, 0.1) is 0 Å². The minimum absolute atomic E-state index is 0. The van der Waals surface area contributed by atoms with Crippen LogP contribution in [0.2, 0.25) is 0 Å². The van der Waals surface area contributed by atoms with Gasteiger partial charge < -0.3 is 58.8 Å². The number of rotatable bonds is 12. The van der Waals surface area contributed by atoms with Crippen molar-refractivity contribution in [1.82, 2.24) is 0 Å². The zero-order valence-corrected chi connectivity index (χ0v) is 27.4. The fourth-order valence-corrected chi connectivity index (χ4v) is 2.16. The van der Waals surface area contributed by atoms with Crippen molar-refractivity contribution in [3.8, 4) is 0 Å². The van der Waals surface area contributed by atoms with E-state index >= 15 is 0 Å². The molecule has 0 aliphatic carbocycles. The molecule has 2 N–H and O–H groups in total. The summed E-state index contributed by atoms with van der Waals surface area (Å²) in [6.07, 6.45) is -2.52. The second kappa shape index (κ2) is 23.4. The van der Waals surface area contributed by atoms with E-state index in [4.69, 9.17) is 10.2 Å². The van der Waals surface area contributed by atoms with E-state index in [1.165, 1.54) is 0 Å². The molecule has 0 rings (SSSR count). The summed E-state index contributed by atoms with van der Waals surface area (Å²) in [6, 6.07) is 0. The van der Waals surface area contributed by atoms with Crippen LogP contribution >= 0.6 is 0 Å². The van der Waals surface area contributed by atoms with Crippen LogP contribution in [0.3, 0.4) is 0 Å². The molecular weight excluding hydrogens is 494 g/mol. The predicted octanol–water partition coefficient (Wildman–Crippen LogP) is -11.9. The normalized spacial score (nSPS) is 12.1. The number of aliphatic carboxylic acids is 4. The molecule has 0 bridgehead atoms. The van der Waals surface area contributed by atoms with Gasteiger partial charge >= 0.3 is 103 Å². The SMILES string of the molecule is C[N+](C)(C)CC(O)CC(=O)[O-].C[N+](C)(C)CC(O)CC(=O)[O-].O=C([O-])CCCC(=O)[O-].[K+].[K+]. The topological polar surface area (TPSA) is 201 Å². The monoisotopic (exact) mass is 530 g/mol. The quantitative estimate of drug-likeness (QED) is 0.180. The van der Waals surface area contributed by atoms with Crippen LogP contribution < -0.4 is 123 Å². The number of hydrogen-bond acceptors (Lipinski definition) is 10. The van der Waals surface area contributed by atoms with E-state index in [0.717, 1.165) is 0 Å². The van der Waals surface area contributed by atoms with Crippen molar-refractivity contribution < 1.29 is 162 Å². The molecule has 0 aromatic carbocycles. The van der Waals surface area contributed by atoms with Crippen molar-refractivity contribution in [2.45, 2.75) is 44.3 Å². The standard InChI is InChI=1S/2C7H15NO3.C5H8O4.2K/c2*1-8(2,3)5-6(9)4-7(10)11;6-4(7)2-1-3-5(8)9;;/h2*6,9H,4-5H2,1-3H3;1-3H2,(H,6,7)(H,8,9);;/q;;;2*+1/p-2. The molecule has 33 heavy (non-hydrogen) atoms. The Bertz CT molecular complexity index is 516. The minimum atomic E-state index is -1.23. The predicted molar refractivity (Wildman–Crippen MR) is 101 cm³/mol. The van der Waals surface area contributed by atoms with Gasteiger partial charge in [-0.2, -0.15) is 0 Å². The number of hydrogen-bond donors (Lipinski definition) is 2. The number of carboxylic acids is 4. The Morgan fingerprint density at radius 1 is 0.606 bits per heavy atom. The summed E-state index contributed by atoms with van der Waals surface area (Å²) in [7, 11) is 11.3. The molecular formula is C19H36K2N2O10. The molecule has 0 aliphatic heterocycles. The van der Waals surface area contributed by atoms with E-state index in [9.17, 15) is 39.6 Å². The third-order valence-electron chi connectivity index (χ3n) is 3.08. The summed E-state index contributed by atoms with van der Waals surface area (Å²) in [5, 5.41) is 57.6. The van der Waals surface area contributed by atoms with E-state index in [1.54, 1.807) is 0 Å². The average Bonchev–Trinajstić information content (AvgIpc) is 2.41. The molecule has 0 amide bonds. The summed E-state index contributed by atoms with van der Waals surface area (Å²) < 4.78 is 1.10. The van der Waals surface area contributed by atoms with Gasteiger partial charge in [-0.25, -0.2) is 0 Å². The maximum atomic E-state index is 10.0. The van der Waals surface area contributed by atoms with E-state index in [2.05, 4.69) is 0 Å². The molecule has 0 aliphatic rings. The van der Waals surface area contributed by atoms with Gasteiger partial charge in [-0.1, -0.05) is 0 Å². The maximum Gasteiger partial charge on any atom is 1.00 e. The van der Waals surface area contributed by atoms with Crippen molar-refractivity contribution in [1.29, 1.82) is 0 Å². The zero-order chi connectivity index (χ0) is 25.4. The van der Waals surface area contributed by atoms with Gasteiger partial charge in [-0.3, -0.25) is 0 Å². The molecule has 0 aromatic heterocycles. The summed E-state index contributed by atoms with van der Waals surface area (Å²) >= 11 is 0. The van der Waals surface area contributed by atoms with Crippen molar-refractivity contribution in [3.05, 3.63) is 0 Å². The van der Waals surface area contributed by atoms with Gasteiger partial charge in [0, 0.05) is 36.7 Å². The van der Waals surface area contributed by atoms with Crippen molar-refractivity contribution in [2.24, 2.45) is 0 Å². The number of nitrogens with zero attached hydrogens (tertiary/aromatic N) is 2. The number of likely N-dealkylation sites (N-methyl/N-ethyl adjacent to an activating group) is 2. The largest absolute Gasteiger partial charge is 1.00 e. The van der Waals surface area contributed by atoms with Crippen molar-refractivity contribution >= 4 is 23.9 Å². The molecule has 14 heteroatoms. The van der Waals surface area contributed by atoms with Gasteiger partial charge in [0.05, 0.1) is 42.3 Å². The number of aliphatic hydroxyl groups is 2. The number of carboxylic acid groups (broad SMARTS) is 4. The van der Waals surface area contributed by atoms with Gasteiger partial charge in [0.15, 0.2) is 0 Å². The maximum absolute atomic E-state index is 10.0. The average molecular weight is 531 g/mol. The third-order valence-corrected chi connectivity index (χ3v) is 3.08. The fraction of sp³-hybridized carbons (Fsp3) is 0.789. The second-order valence-electron chi connectivity index (χ2n) is 9.00. The Hall–Kier alpha value is 0.993. The number of aliphatic hydroxyl groups excluding tert-OH is 2. The Balaban J connectivity index is -0.000000116. The first-order valence-corrected chi connectivity index (χ1v) is 9.51. The number of carbonyl (C=O) groups is 4. The first-order chi connectivity index (χ1) is 13.7. The van der Waals surface area contributed by atoms with Gasteiger partial charge in [0.2, 0.25) is 0 Å².